The van der Waals surface area contributed by atoms with Crippen molar-refractivity contribution in [3.05, 3.63) is 108 Å². The van der Waals surface area contributed by atoms with E-state index in [9.17, 15) is 8.42 Å². The molecule has 27 heavy (non-hydrogen) atoms. The molecule has 0 aromatic heterocycles. The summed E-state index contributed by atoms with van der Waals surface area (Å²) in [6, 6.07) is 25.0. The summed E-state index contributed by atoms with van der Waals surface area (Å²) in [4.78, 5) is 0.302. The third-order valence-corrected chi connectivity index (χ3v) is 6.61. The second-order valence-corrected chi connectivity index (χ2v) is 8.36. The SMILES string of the molecule is C=Cc1ccc(C(Cc2ccc(C#N)cc2)S(=O)(=O)c2ccccc2)cc1. The highest BCUT2D eigenvalue weighted by Crippen LogP contribution is 2.32. The molecule has 0 spiro atoms. The molecular formula is C23H19NO2S. The van der Waals surface area contributed by atoms with Gasteiger partial charge >= 0.3 is 0 Å². The Hall–Kier alpha value is -3.16. The minimum atomic E-state index is -3.58. The van der Waals surface area contributed by atoms with Crippen molar-refractivity contribution in [3.8, 4) is 6.07 Å². The maximum absolute atomic E-state index is 13.3. The first-order chi connectivity index (χ1) is 13.0. The van der Waals surface area contributed by atoms with E-state index in [4.69, 9.17) is 5.26 Å². The molecule has 134 valence electrons. The van der Waals surface area contributed by atoms with Crippen LogP contribution < -0.4 is 0 Å². The lowest BCUT2D eigenvalue weighted by atomic mass is 10.0. The minimum Gasteiger partial charge on any atom is -0.223 e. The van der Waals surface area contributed by atoms with Crippen molar-refractivity contribution in [1.29, 1.82) is 5.26 Å². The van der Waals surface area contributed by atoms with Crippen molar-refractivity contribution in [2.24, 2.45) is 0 Å². The second-order valence-electron chi connectivity index (χ2n) is 6.23. The Kier molecular flexibility index (Phi) is 5.54. The average molecular weight is 373 g/mol. The zero-order chi connectivity index (χ0) is 19.3. The van der Waals surface area contributed by atoms with Crippen LogP contribution in [-0.4, -0.2) is 8.42 Å². The fourth-order valence-corrected chi connectivity index (χ4v) is 4.75. The van der Waals surface area contributed by atoms with E-state index in [2.05, 4.69) is 12.6 Å². The number of rotatable bonds is 6. The van der Waals surface area contributed by atoms with Gasteiger partial charge in [0.2, 0.25) is 0 Å². The van der Waals surface area contributed by atoms with Crippen molar-refractivity contribution in [1.82, 2.24) is 0 Å². The van der Waals surface area contributed by atoms with Gasteiger partial charge in [-0.1, -0.05) is 67.3 Å². The normalized spacial score (nSPS) is 12.1. The lowest BCUT2D eigenvalue weighted by molar-refractivity contribution is 0.581. The van der Waals surface area contributed by atoms with Crippen molar-refractivity contribution in [3.63, 3.8) is 0 Å². The summed E-state index contributed by atoms with van der Waals surface area (Å²) in [6.07, 6.45) is 2.06. The van der Waals surface area contributed by atoms with E-state index >= 15 is 0 Å². The minimum absolute atomic E-state index is 0.302. The fourth-order valence-electron chi connectivity index (χ4n) is 2.96. The molecule has 0 heterocycles. The van der Waals surface area contributed by atoms with Gasteiger partial charge < -0.3 is 0 Å². The lowest BCUT2D eigenvalue weighted by Crippen LogP contribution is -2.16. The van der Waals surface area contributed by atoms with Crippen molar-refractivity contribution in [2.75, 3.05) is 0 Å². The molecule has 0 aliphatic heterocycles. The summed E-state index contributed by atoms with van der Waals surface area (Å²) < 4.78 is 26.7. The van der Waals surface area contributed by atoms with Gasteiger partial charge in [0.1, 0.15) is 0 Å². The molecule has 0 radical (unpaired) electrons. The summed E-state index contributed by atoms with van der Waals surface area (Å²) in [5.74, 6) is 0. The third-order valence-electron chi connectivity index (χ3n) is 4.49. The molecule has 0 N–H and O–H groups in total. The van der Waals surface area contributed by atoms with Gasteiger partial charge in [-0.15, -0.1) is 0 Å². The highest BCUT2D eigenvalue weighted by molar-refractivity contribution is 7.91. The summed E-state index contributed by atoms with van der Waals surface area (Å²) >= 11 is 0. The van der Waals surface area contributed by atoms with Gasteiger partial charge in [0.25, 0.3) is 0 Å². The largest absolute Gasteiger partial charge is 0.223 e. The van der Waals surface area contributed by atoms with E-state index in [-0.39, 0.29) is 0 Å². The molecule has 0 saturated heterocycles. The molecule has 0 bridgehead atoms. The van der Waals surface area contributed by atoms with Gasteiger partial charge in [0, 0.05) is 0 Å². The Labute approximate surface area is 160 Å². The maximum atomic E-state index is 13.3. The molecular weight excluding hydrogens is 354 g/mol. The molecule has 0 saturated carbocycles. The standard InChI is InChI=1S/C23H19NO2S/c1-2-18-12-14-21(15-13-18)23(16-19-8-10-20(17-24)11-9-19)27(25,26)22-6-4-3-5-7-22/h2-15,23H,1,16H2. The Morgan fingerprint density at radius 3 is 2.11 bits per heavy atom. The molecule has 1 unspecified atom stereocenters. The molecule has 4 heteroatoms. The second kappa shape index (κ2) is 8.03. The first-order valence-electron chi connectivity index (χ1n) is 8.55. The van der Waals surface area contributed by atoms with Crippen LogP contribution in [0.25, 0.3) is 6.08 Å². The van der Waals surface area contributed by atoms with E-state index in [0.717, 1.165) is 16.7 Å². The monoisotopic (exact) mass is 373 g/mol. The Balaban J connectivity index is 2.04. The van der Waals surface area contributed by atoms with Gasteiger partial charge in [0.15, 0.2) is 9.84 Å². The van der Waals surface area contributed by atoms with E-state index in [1.165, 1.54) is 0 Å². The number of hydrogen-bond acceptors (Lipinski definition) is 3. The van der Waals surface area contributed by atoms with Crippen LogP contribution >= 0.6 is 0 Å². The number of sulfone groups is 1. The van der Waals surface area contributed by atoms with Gasteiger partial charge in [-0.05, 0) is 47.4 Å². The fraction of sp³-hybridized carbons (Fsp3) is 0.0870. The zero-order valence-corrected chi connectivity index (χ0v) is 15.6. The van der Waals surface area contributed by atoms with Crippen LogP contribution in [-0.2, 0) is 16.3 Å². The molecule has 0 amide bonds. The first-order valence-corrected chi connectivity index (χ1v) is 10.1. The Morgan fingerprint density at radius 1 is 0.926 bits per heavy atom. The van der Waals surface area contributed by atoms with Crippen LogP contribution in [0.2, 0.25) is 0 Å². The summed E-state index contributed by atoms with van der Waals surface area (Å²) in [5, 5.41) is 8.25. The summed E-state index contributed by atoms with van der Waals surface area (Å²) in [5.41, 5.74) is 3.09. The van der Waals surface area contributed by atoms with Gasteiger partial charge in [-0.25, -0.2) is 8.42 Å². The van der Waals surface area contributed by atoms with Crippen LogP contribution in [0.5, 0.6) is 0 Å². The van der Waals surface area contributed by atoms with Crippen molar-refractivity contribution in [2.45, 2.75) is 16.6 Å². The predicted molar refractivity (Wildman–Crippen MR) is 108 cm³/mol. The molecule has 0 aliphatic rings. The van der Waals surface area contributed by atoms with Gasteiger partial charge in [0.05, 0.1) is 21.8 Å². The van der Waals surface area contributed by atoms with E-state index < -0.39 is 15.1 Å². The Bertz CT molecular complexity index is 1060. The molecule has 3 rings (SSSR count). The average Bonchev–Trinajstić information content (AvgIpc) is 2.73. The van der Waals surface area contributed by atoms with Crippen LogP contribution in [0.1, 0.15) is 27.5 Å². The molecule has 3 nitrogen and oxygen atoms in total. The number of nitriles is 1. The molecule has 0 fully saturated rings. The number of nitrogens with zero attached hydrogens (tertiary/aromatic N) is 1. The smallest absolute Gasteiger partial charge is 0.185 e. The topological polar surface area (TPSA) is 57.9 Å². The highest BCUT2D eigenvalue weighted by Gasteiger charge is 2.29. The van der Waals surface area contributed by atoms with Crippen molar-refractivity contribution >= 4 is 15.9 Å². The van der Waals surface area contributed by atoms with E-state index in [1.54, 1.807) is 48.5 Å². The van der Waals surface area contributed by atoms with Crippen LogP contribution in [0.4, 0.5) is 0 Å². The van der Waals surface area contributed by atoms with E-state index in [0.29, 0.717) is 16.9 Å². The summed E-state index contributed by atoms with van der Waals surface area (Å²) in [7, 11) is -3.58. The zero-order valence-electron chi connectivity index (χ0n) is 14.7. The summed E-state index contributed by atoms with van der Waals surface area (Å²) in [6.45, 7) is 3.74. The third kappa shape index (κ3) is 4.16. The van der Waals surface area contributed by atoms with Crippen LogP contribution in [0.15, 0.2) is 90.3 Å². The highest BCUT2D eigenvalue weighted by atomic mass is 32.2. The van der Waals surface area contributed by atoms with Gasteiger partial charge in [-0.2, -0.15) is 5.26 Å². The molecule has 3 aromatic carbocycles. The molecule has 1 atom stereocenters. The Morgan fingerprint density at radius 2 is 1.56 bits per heavy atom. The predicted octanol–water partition coefficient (Wildman–Crippen LogP) is 4.96. The quantitative estimate of drug-likeness (QED) is 0.614. The number of benzene rings is 3. The first kappa shape index (κ1) is 18.6. The van der Waals surface area contributed by atoms with Crippen molar-refractivity contribution < 1.29 is 8.42 Å². The van der Waals surface area contributed by atoms with Gasteiger partial charge in [-0.3, -0.25) is 0 Å². The van der Waals surface area contributed by atoms with Crippen LogP contribution in [0, 0.1) is 11.3 Å². The molecule has 3 aromatic rings. The van der Waals surface area contributed by atoms with Crippen LogP contribution in [0.3, 0.4) is 0 Å². The lowest BCUT2D eigenvalue weighted by Gasteiger charge is -2.19. The molecule has 0 aliphatic carbocycles. The number of hydrogen-bond donors (Lipinski definition) is 0. The van der Waals surface area contributed by atoms with E-state index in [1.807, 2.05) is 36.4 Å². The maximum Gasteiger partial charge on any atom is 0.185 e.